The monoisotopic (exact) mass is 498 g/mol. The number of halogens is 1. The van der Waals surface area contributed by atoms with Crippen LogP contribution in [-0.4, -0.2) is 11.1 Å². The van der Waals surface area contributed by atoms with Gasteiger partial charge in [-0.25, -0.2) is 0 Å². The molecule has 1 atom stereocenters. The van der Waals surface area contributed by atoms with E-state index in [9.17, 15) is 9.59 Å². The quantitative estimate of drug-likeness (QED) is 0.292. The molecule has 0 bridgehead atoms. The molecule has 0 N–H and O–H groups in total. The van der Waals surface area contributed by atoms with Gasteiger partial charge < -0.3 is 13.7 Å². The largest absolute Gasteiger partial charge is 0.489 e. The number of carbonyl (C=O) groups is 1. The third kappa shape index (κ3) is 3.65. The fraction of sp³-hybridized carbons (Fsp3) is 0.107. The molecule has 0 saturated carbocycles. The second kappa shape index (κ2) is 8.70. The molecule has 0 aliphatic carbocycles. The van der Waals surface area contributed by atoms with Crippen LogP contribution in [0.4, 0.5) is 5.82 Å². The van der Waals surface area contributed by atoms with Gasteiger partial charge in [-0.2, -0.15) is 0 Å². The number of nitrogens with zero attached hydrogens (tertiary/aromatic N) is 2. The van der Waals surface area contributed by atoms with E-state index in [-0.39, 0.29) is 23.4 Å². The van der Waals surface area contributed by atoms with Crippen molar-refractivity contribution in [1.82, 2.24) is 5.16 Å². The first kappa shape index (κ1) is 22.1. The minimum atomic E-state index is -0.776. The van der Waals surface area contributed by atoms with Crippen molar-refractivity contribution in [3.63, 3.8) is 0 Å². The Hall–Kier alpha value is -4.36. The molecule has 1 unspecified atom stereocenters. The van der Waals surface area contributed by atoms with E-state index >= 15 is 0 Å². The summed E-state index contributed by atoms with van der Waals surface area (Å²) in [5.41, 5.74) is 1.85. The molecule has 8 heteroatoms. The average Bonchev–Trinajstić information content (AvgIpc) is 3.44. The van der Waals surface area contributed by atoms with Gasteiger partial charge in [-0.1, -0.05) is 59.2 Å². The van der Waals surface area contributed by atoms with Crippen molar-refractivity contribution in [2.24, 2.45) is 0 Å². The van der Waals surface area contributed by atoms with E-state index in [1.165, 1.54) is 4.90 Å². The summed E-state index contributed by atoms with van der Waals surface area (Å²) in [6.45, 7) is 2.00. The van der Waals surface area contributed by atoms with Gasteiger partial charge in [-0.15, -0.1) is 0 Å². The lowest BCUT2D eigenvalue weighted by atomic mass is 9.98. The number of rotatable bonds is 5. The molecule has 3 heterocycles. The summed E-state index contributed by atoms with van der Waals surface area (Å²) in [4.78, 5) is 28.6. The van der Waals surface area contributed by atoms with Crippen LogP contribution >= 0.6 is 11.6 Å². The molecule has 1 aliphatic rings. The highest BCUT2D eigenvalue weighted by molar-refractivity contribution is 6.31. The fourth-order valence-electron chi connectivity index (χ4n) is 4.49. The van der Waals surface area contributed by atoms with Gasteiger partial charge in [-0.3, -0.25) is 14.5 Å². The van der Waals surface area contributed by atoms with E-state index in [4.69, 9.17) is 25.3 Å². The molecule has 178 valence electrons. The van der Waals surface area contributed by atoms with Gasteiger partial charge in [0.2, 0.25) is 5.76 Å². The SMILES string of the molecule is Cc1cc(N2C(=O)c3oc4ccccc4c(=O)c3C2c2cccc(OCc3ccccc3Cl)c2)no1. The zero-order chi connectivity index (χ0) is 24.8. The first-order chi connectivity index (χ1) is 17.5. The Bertz CT molecular complexity index is 1690. The molecule has 2 aromatic heterocycles. The zero-order valence-corrected chi connectivity index (χ0v) is 19.9. The lowest BCUT2D eigenvalue weighted by Crippen LogP contribution is -2.29. The highest BCUT2D eigenvalue weighted by Crippen LogP contribution is 2.41. The van der Waals surface area contributed by atoms with Gasteiger partial charge in [0.1, 0.15) is 23.7 Å². The fourth-order valence-corrected chi connectivity index (χ4v) is 4.68. The van der Waals surface area contributed by atoms with E-state index < -0.39 is 11.9 Å². The Morgan fingerprint density at radius 3 is 2.61 bits per heavy atom. The van der Waals surface area contributed by atoms with Crippen LogP contribution in [0.2, 0.25) is 5.02 Å². The molecule has 0 radical (unpaired) electrons. The standard InChI is InChI=1S/C28H19ClN2O5/c1-16-13-23(30-36-16)31-25(24-26(32)20-10-3-5-12-22(20)35-27(24)28(31)33)17-8-6-9-19(14-17)34-15-18-7-2-4-11-21(18)29/h2-14,25H,15H2,1H3. The third-order valence-corrected chi connectivity index (χ3v) is 6.53. The number of amides is 1. The summed E-state index contributed by atoms with van der Waals surface area (Å²) in [5.74, 6) is 0.920. The van der Waals surface area contributed by atoms with Gasteiger partial charge in [0, 0.05) is 16.7 Å². The maximum Gasteiger partial charge on any atom is 0.296 e. The van der Waals surface area contributed by atoms with Gasteiger partial charge in [0.05, 0.1) is 17.0 Å². The smallest absolute Gasteiger partial charge is 0.296 e. The molecule has 0 saturated heterocycles. The summed E-state index contributed by atoms with van der Waals surface area (Å²) < 4.78 is 17.2. The molecule has 36 heavy (non-hydrogen) atoms. The minimum absolute atomic E-state index is 0.00765. The summed E-state index contributed by atoms with van der Waals surface area (Å²) in [7, 11) is 0. The van der Waals surface area contributed by atoms with Gasteiger partial charge in [0.15, 0.2) is 11.2 Å². The molecule has 5 aromatic rings. The number of anilines is 1. The molecular weight excluding hydrogens is 480 g/mol. The molecule has 1 aliphatic heterocycles. The minimum Gasteiger partial charge on any atom is -0.489 e. The van der Waals surface area contributed by atoms with E-state index in [1.54, 1.807) is 49.4 Å². The molecule has 3 aromatic carbocycles. The second-order valence-electron chi connectivity index (χ2n) is 8.50. The van der Waals surface area contributed by atoms with Crippen LogP contribution in [0.5, 0.6) is 5.75 Å². The predicted molar refractivity (Wildman–Crippen MR) is 135 cm³/mol. The Kier molecular flexibility index (Phi) is 5.34. The number of aromatic nitrogens is 1. The number of aryl methyl sites for hydroxylation is 1. The van der Waals surface area contributed by atoms with E-state index in [2.05, 4.69) is 5.16 Å². The average molecular weight is 499 g/mol. The molecule has 7 nitrogen and oxygen atoms in total. The number of para-hydroxylation sites is 1. The van der Waals surface area contributed by atoms with Crippen molar-refractivity contribution in [1.29, 1.82) is 0 Å². The Morgan fingerprint density at radius 2 is 1.81 bits per heavy atom. The van der Waals surface area contributed by atoms with Crippen molar-refractivity contribution in [2.45, 2.75) is 19.6 Å². The maximum absolute atomic E-state index is 13.6. The van der Waals surface area contributed by atoms with Gasteiger partial charge in [0.25, 0.3) is 5.91 Å². The normalized spacial score (nSPS) is 14.9. The molecule has 0 spiro atoms. The number of carbonyl (C=O) groups excluding carboxylic acids is 1. The lowest BCUT2D eigenvalue weighted by Gasteiger charge is -2.23. The highest BCUT2D eigenvalue weighted by atomic mass is 35.5. The molecule has 0 fully saturated rings. The lowest BCUT2D eigenvalue weighted by molar-refractivity contribution is 0.0969. The number of hydrogen-bond donors (Lipinski definition) is 0. The number of ether oxygens (including phenoxy) is 1. The van der Waals surface area contributed by atoms with Crippen LogP contribution in [-0.2, 0) is 6.61 Å². The van der Waals surface area contributed by atoms with Crippen molar-refractivity contribution in [3.8, 4) is 5.75 Å². The first-order valence-corrected chi connectivity index (χ1v) is 11.7. The van der Waals surface area contributed by atoms with Crippen molar-refractivity contribution in [3.05, 3.63) is 122 Å². The predicted octanol–water partition coefficient (Wildman–Crippen LogP) is 6.07. The summed E-state index contributed by atoms with van der Waals surface area (Å²) >= 11 is 6.27. The number of fused-ring (bicyclic) bond motifs is 2. The highest BCUT2D eigenvalue weighted by Gasteiger charge is 2.45. The molecule has 1 amide bonds. The summed E-state index contributed by atoms with van der Waals surface area (Å²) in [6, 6.07) is 22.5. The van der Waals surface area contributed by atoms with Crippen LogP contribution in [0.15, 0.2) is 92.6 Å². The summed E-state index contributed by atoms with van der Waals surface area (Å²) in [6.07, 6.45) is 0. The Balaban J connectivity index is 1.47. The topological polar surface area (TPSA) is 85.8 Å². The van der Waals surface area contributed by atoms with E-state index in [0.717, 1.165) is 5.56 Å². The van der Waals surface area contributed by atoms with Crippen molar-refractivity contribution >= 4 is 34.3 Å². The van der Waals surface area contributed by atoms with Gasteiger partial charge >= 0.3 is 0 Å². The van der Waals surface area contributed by atoms with Crippen molar-refractivity contribution < 1.29 is 18.5 Å². The zero-order valence-electron chi connectivity index (χ0n) is 19.1. The third-order valence-electron chi connectivity index (χ3n) is 6.17. The van der Waals surface area contributed by atoms with Crippen LogP contribution in [0, 0.1) is 6.92 Å². The van der Waals surface area contributed by atoms with Crippen LogP contribution in [0.25, 0.3) is 11.0 Å². The Morgan fingerprint density at radius 1 is 1.00 bits per heavy atom. The second-order valence-corrected chi connectivity index (χ2v) is 8.90. The van der Waals surface area contributed by atoms with Crippen LogP contribution < -0.4 is 15.1 Å². The van der Waals surface area contributed by atoms with E-state index in [1.807, 2.05) is 36.4 Å². The van der Waals surface area contributed by atoms with Crippen LogP contribution in [0.1, 0.15) is 39.0 Å². The number of hydrogen-bond acceptors (Lipinski definition) is 6. The molecule has 6 rings (SSSR count). The summed E-state index contributed by atoms with van der Waals surface area (Å²) in [5, 5.41) is 5.07. The van der Waals surface area contributed by atoms with Gasteiger partial charge in [-0.05, 0) is 42.8 Å². The van der Waals surface area contributed by atoms with E-state index in [0.29, 0.717) is 38.9 Å². The first-order valence-electron chi connectivity index (χ1n) is 11.3. The van der Waals surface area contributed by atoms with Crippen molar-refractivity contribution in [2.75, 3.05) is 4.90 Å². The maximum atomic E-state index is 13.6. The number of benzene rings is 3. The van der Waals surface area contributed by atoms with Crippen LogP contribution in [0.3, 0.4) is 0 Å². The molecular formula is C28H19ClN2O5. The Labute approximate surface area is 210 Å².